The molecule has 0 atom stereocenters. The Hall–Kier alpha value is -1.40. The molecule has 0 aliphatic carbocycles. The Bertz CT molecular complexity index is 621. The molecule has 3 N–H and O–H groups in total. The Morgan fingerprint density at radius 3 is 2.89 bits per heavy atom. The Morgan fingerprint density at radius 2 is 2.26 bits per heavy atom. The fourth-order valence-corrected chi connectivity index (χ4v) is 2.68. The summed E-state index contributed by atoms with van der Waals surface area (Å²) in [5, 5.41) is 7.68. The Morgan fingerprint density at radius 1 is 1.53 bits per heavy atom. The molecule has 0 saturated carbocycles. The third-order valence-electron chi connectivity index (χ3n) is 2.82. The Kier molecular flexibility index (Phi) is 4.21. The largest absolute Gasteiger partial charge is 0.389 e. The number of anilines is 1. The molecule has 100 valence electrons. The fourth-order valence-electron chi connectivity index (χ4n) is 1.99. The number of thiocarbonyl (C=S) groups is 1. The minimum absolute atomic E-state index is 0.363. The molecular formula is C13H15BrN4S. The van der Waals surface area contributed by atoms with Crippen LogP contribution in [0, 0.1) is 6.92 Å². The van der Waals surface area contributed by atoms with Crippen LogP contribution in [0.1, 0.15) is 16.8 Å². The molecule has 2 rings (SSSR count). The standard InChI is InChI=1S/C13H15BrN4S/c1-8-11(12(15)19)13(18(2)17-8)16-7-9-4-3-5-10(14)6-9/h3-6,16H,7H2,1-2H3,(H2,15,19). The quantitative estimate of drug-likeness (QED) is 0.841. The van der Waals surface area contributed by atoms with Gasteiger partial charge in [0, 0.05) is 18.1 Å². The van der Waals surface area contributed by atoms with Crippen molar-refractivity contribution in [3.8, 4) is 0 Å². The number of nitrogens with zero attached hydrogens (tertiary/aromatic N) is 2. The van der Waals surface area contributed by atoms with Gasteiger partial charge in [-0.25, -0.2) is 0 Å². The van der Waals surface area contributed by atoms with Crippen LogP contribution in [-0.4, -0.2) is 14.8 Å². The van der Waals surface area contributed by atoms with E-state index >= 15 is 0 Å². The summed E-state index contributed by atoms with van der Waals surface area (Å²) in [6, 6.07) is 8.13. The highest BCUT2D eigenvalue weighted by Gasteiger charge is 2.15. The van der Waals surface area contributed by atoms with E-state index in [1.807, 2.05) is 26.1 Å². The van der Waals surface area contributed by atoms with Crippen molar-refractivity contribution in [2.45, 2.75) is 13.5 Å². The van der Waals surface area contributed by atoms with Crippen LogP contribution in [0.15, 0.2) is 28.7 Å². The second kappa shape index (κ2) is 5.71. The highest BCUT2D eigenvalue weighted by Crippen LogP contribution is 2.20. The van der Waals surface area contributed by atoms with Crippen LogP contribution < -0.4 is 11.1 Å². The van der Waals surface area contributed by atoms with Gasteiger partial charge in [0.2, 0.25) is 0 Å². The summed E-state index contributed by atoms with van der Waals surface area (Å²) in [7, 11) is 1.87. The first-order valence-electron chi connectivity index (χ1n) is 5.80. The third kappa shape index (κ3) is 3.13. The van der Waals surface area contributed by atoms with Crippen LogP contribution in [0.3, 0.4) is 0 Å². The smallest absolute Gasteiger partial charge is 0.134 e. The minimum atomic E-state index is 0.363. The van der Waals surface area contributed by atoms with Crippen molar-refractivity contribution in [1.82, 2.24) is 9.78 Å². The van der Waals surface area contributed by atoms with Crippen molar-refractivity contribution < 1.29 is 0 Å². The van der Waals surface area contributed by atoms with Gasteiger partial charge in [-0.05, 0) is 24.6 Å². The molecule has 0 saturated heterocycles. The number of rotatable bonds is 4. The first kappa shape index (κ1) is 14.0. The number of hydrogen-bond acceptors (Lipinski definition) is 3. The normalized spacial score (nSPS) is 10.5. The summed E-state index contributed by atoms with van der Waals surface area (Å²) in [6.07, 6.45) is 0. The summed E-state index contributed by atoms with van der Waals surface area (Å²) in [5.41, 5.74) is 8.57. The first-order chi connectivity index (χ1) is 8.99. The lowest BCUT2D eigenvalue weighted by Gasteiger charge is -2.09. The Labute approximate surface area is 126 Å². The molecule has 0 unspecified atom stereocenters. The van der Waals surface area contributed by atoms with Gasteiger partial charge in [-0.15, -0.1) is 0 Å². The summed E-state index contributed by atoms with van der Waals surface area (Å²) >= 11 is 8.54. The molecule has 0 radical (unpaired) electrons. The predicted octanol–water partition coefficient (Wildman–Crippen LogP) is 2.74. The molecule has 6 heteroatoms. The van der Waals surface area contributed by atoms with Crippen LogP contribution in [0.5, 0.6) is 0 Å². The molecule has 0 amide bonds. The number of aryl methyl sites for hydroxylation is 2. The van der Waals surface area contributed by atoms with Crippen molar-refractivity contribution in [3.05, 3.63) is 45.6 Å². The number of halogens is 1. The predicted molar refractivity (Wildman–Crippen MR) is 85.3 cm³/mol. The van der Waals surface area contributed by atoms with E-state index in [-0.39, 0.29) is 0 Å². The first-order valence-corrected chi connectivity index (χ1v) is 7.01. The molecule has 19 heavy (non-hydrogen) atoms. The number of aromatic nitrogens is 2. The maximum Gasteiger partial charge on any atom is 0.134 e. The van der Waals surface area contributed by atoms with Gasteiger partial charge >= 0.3 is 0 Å². The summed E-state index contributed by atoms with van der Waals surface area (Å²) in [6.45, 7) is 2.59. The van der Waals surface area contributed by atoms with E-state index < -0.39 is 0 Å². The zero-order valence-corrected chi connectivity index (χ0v) is 13.2. The van der Waals surface area contributed by atoms with Crippen LogP contribution >= 0.6 is 28.1 Å². The number of benzene rings is 1. The molecule has 0 bridgehead atoms. The van der Waals surface area contributed by atoms with Crippen molar-refractivity contribution in [2.75, 3.05) is 5.32 Å². The third-order valence-corrected chi connectivity index (χ3v) is 3.51. The lowest BCUT2D eigenvalue weighted by atomic mass is 10.2. The van der Waals surface area contributed by atoms with Gasteiger partial charge in [-0.3, -0.25) is 4.68 Å². The zero-order chi connectivity index (χ0) is 14.0. The Balaban J connectivity index is 2.22. The second-order valence-corrected chi connectivity index (χ2v) is 5.64. The summed E-state index contributed by atoms with van der Waals surface area (Å²) < 4.78 is 2.82. The number of hydrogen-bond donors (Lipinski definition) is 2. The van der Waals surface area contributed by atoms with Gasteiger partial charge in [0.1, 0.15) is 10.8 Å². The van der Waals surface area contributed by atoms with Crippen LogP contribution in [0.4, 0.5) is 5.82 Å². The average molecular weight is 339 g/mol. The van der Waals surface area contributed by atoms with E-state index in [4.69, 9.17) is 18.0 Å². The molecule has 1 aromatic heterocycles. The molecule has 4 nitrogen and oxygen atoms in total. The molecule has 0 aliphatic rings. The van der Waals surface area contributed by atoms with Crippen LogP contribution in [0.25, 0.3) is 0 Å². The number of nitrogens with two attached hydrogens (primary N) is 1. The average Bonchev–Trinajstić information content (AvgIpc) is 2.61. The molecule has 1 aromatic carbocycles. The molecular weight excluding hydrogens is 324 g/mol. The monoisotopic (exact) mass is 338 g/mol. The van der Waals surface area contributed by atoms with Crippen molar-refractivity contribution in [1.29, 1.82) is 0 Å². The zero-order valence-electron chi connectivity index (χ0n) is 10.8. The molecule has 0 fully saturated rings. The van der Waals surface area contributed by atoms with Crippen molar-refractivity contribution in [2.24, 2.45) is 12.8 Å². The highest BCUT2D eigenvalue weighted by molar-refractivity contribution is 9.10. The molecule has 0 aliphatic heterocycles. The van der Waals surface area contributed by atoms with E-state index in [0.717, 1.165) is 21.5 Å². The lowest BCUT2D eigenvalue weighted by molar-refractivity contribution is 0.758. The number of nitrogens with one attached hydrogen (secondary N) is 1. The SMILES string of the molecule is Cc1nn(C)c(NCc2cccc(Br)c2)c1C(N)=S. The van der Waals surface area contributed by atoms with E-state index in [1.54, 1.807) is 4.68 Å². The topological polar surface area (TPSA) is 55.9 Å². The maximum atomic E-state index is 5.75. The van der Waals surface area contributed by atoms with E-state index in [0.29, 0.717) is 11.5 Å². The summed E-state index contributed by atoms with van der Waals surface area (Å²) in [5.74, 6) is 0.852. The minimum Gasteiger partial charge on any atom is -0.389 e. The van der Waals surface area contributed by atoms with Gasteiger partial charge in [0.25, 0.3) is 0 Å². The van der Waals surface area contributed by atoms with E-state index in [1.165, 1.54) is 5.56 Å². The van der Waals surface area contributed by atoms with Gasteiger partial charge in [-0.1, -0.05) is 40.3 Å². The van der Waals surface area contributed by atoms with Gasteiger partial charge < -0.3 is 11.1 Å². The molecule has 0 spiro atoms. The van der Waals surface area contributed by atoms with E-state index in [2.05, 4.69) is 38.5 Å². The van der Waals surface area contributed by atoms with Crippen LogP contribution in [-0.2, 0) is 13.6 Å². The van der Waals surface area contributed by atoms with Crippen LogP contribution in [0.2, 0.25) is 0 Å². The highest BCUT2D eigenvalue weighted by atomic mass is 79.9. The lowest BCUT2D eigenvalue weighted by Crippen LogP contribution is -2.14. The summed E-state index contributed by atoms with van der Waals surface area (Å²) in [4.78, 5) is 0.363. The fraction of sp³-hybridized carbons (Fsp3) is 0.231. The van der Waals surface area contributed by atoms with Crippen molar-refractivity contribution in [3.63, 3.8) is 0 Å². The second-order valence-electron chi connectivity index (χ2n) is 4.28. The molecule has 2 aromatic rings. The van der Waals surface area contributed by atoms with Gasteiger partial charge in [0.15, 0.2) is 0 Å². The molecule has 1 heterocycles. The maximum absolute atomic E-state index is 5.75. The van der Waals surface area contributed by atoms with Gasteiger partial charge in [0.05, 0.1) is 11.3 Å². The van der Waals surface area contributed by atoms with E-state index in [9.17, 15) is 0 Å². The van der Waals surface area contributed by atoms with Crippen molar-refractivity contribution >= 4 is 39.0 Å². The van der Waals surface area contributed by atoms with Gasteiger partial charge in [-0.2, -0.15) is 5.10 Å².